The van der Waals surface area contributed by atoms with Gasteiger partial charge in [-0.3, -0.25) is 4.79 Å². The quantitative estimate of drug-likeness (QED) is 0.708. The molecule has 0 spiro atoms. The topological polar surface area (TPSA) is 70.4 Å². The molecule has 1 aliphatic heterocycles. The van der Waals surface area contributed by atoms with Crippen LogP contribution in [-0.4, -0.2) is 55.1 Å². The van der Waals surface area contributed by atoms with Gasteiger partial charge in [0.1, 0.15) is 0 Å². The number of hydrogen-bond donors (Lipinski definition) is 2. The number of piperazine rings is 1. The lowest BCUT2D eigenvalue weighted by Gasteiger charge is -2.27. The van der Waals surface area contributed by atoms with Crippen molar-refractivity contribution in [3.8, 4) is 11.3 Å². The zero-order chi connectivity index (χ0) is 18.2. The summed E-state index contributed by atoms with van der Waals surface area (Å²) in [5, 5.41) is 6.33. The molecule has 6 nitrogen and oxygen atoms in total. The van der Waals surface area contributed by atoms with Crippen LogP contribution >= 0.6 is 0 Å². The molecule has 2 heterocycles. The maximum Gasteiger partial charge on any atom is 0.220 e. The van der Waals surface area contributed by atoms with Gasteiger partial charge >= 0.3 is 0 Å². The minimum atomic E-state index is 0.0559. The van der Waals surface area contributed by atoms with Crippen LogP contribution in [0.15, 0.2) is 34.9 Å². The van der Waals surface area contributed by atoms with Gasteiger partial charge in [-0.1, -0.05) is 29.8 Å². The third-order valence-corrected chi connectivity index (χ3v) is 4.64. The molecule has 0 saturated carbocycles. The van der Waals surface area contributed by atoms with Crippen molar-refractivity contribution in [1.82, 2.24) is 20.5 Å². The highest BCUT2D eigenvalue weighted by molar-refractivity contribution is 5.76. The lowest BCUT2D eigenvalue weighted by molar-refractivity contribution is -0.121. The minimum absolute atomic E-state index is 0.0559. The molecule has 0 atom stereocenters. The molecule has 1 amide bonds. The highest BCUT2D eigenvalue weighted by Gasteiger charge is 2.10. The van der Waals surface area contributed by atoms with Crippen molar-refractivity contribution in [1.29, 1.82) is 0 Å². The van der Waals surface area contributed by atoms with E-state index in [9.17, 15) is 4.79 Å². The zero-order valence-electron chi connectivity index (χ0n) is 15.5. The fourth-order valence-electron chi connectivity index (χ4n) is 3.05. The second-order valence-corrected chi connectivity index (χ2v) is 6.78. The Kier molecular flexibility index (Phi) is 6.80. The summed E-state index contributed by atoms with van der Waals surface area (Å²) >= 11 is 0. The van der Waals surface area contributed by atoms with Crippen LogP contribution < -0.4 is 10.6 Å². The maximum atomic E-state index is 12.0. The van der Waals surface area contributed by atoms with E-state index in [-0.39, 0.29) is 5.91 Å². The van der Waals surface area contributed by atoms with Gasteiger partial charge in [0, 0.05) is 51.1 Å². The number of oxazole rings is 1. The third kappa shape index (κ3) is 5.68. The van der Waals surface area contributed by atoms with Gasteiger partial charge in [-0.25, -0.2) is 4.98 Å². The van der Waals surface area contributed by atoms with Crippen LogP contribution in [0.4, 0.5) is 0 Å². The van der Waals surface area contributed by atoms with Crippen molar-refractivity contribution in [2.45, 2.75) is 26.2 Å². The van der Waals surface area contributed by atoms with E-state index in [2.05, 4.69) is 27.4 Å². The Morgan fingerprint density at radius 1 is 1.27 bits per heavy atom. The number of carbonyl (C=O) groups is 1. The standard InChI is InChI=1S/C20H28N4O2/c1-16-3-5-17(6-4-16)18-15-23-20(26-18)8-7-19(25)22-9-2-12-24-13-10-21-11-14-24/h3-6,15,21H,2,7-14H2,1H3,(H,22,25). The van der Waals surface area contributed by atoms with Gasteiger partial charge < -0.3 is 20.0 Å². The normalized spacial score (nSPS) is 15.1. The van der Waals surface area contributed by atoms with Crippen LogP contribution in [0.25, 0.3) is 11.3 Å². The summed E-state index contributed by atoms with van der Waals surface area (Å²) in [4.78, 5) is 18.7. The number of nitrogens with zero attached hydrogens (tertiary/aromatic N) is 2. The van der Waals surface area contributed by atoms with E-state index in [4.69, 9.17) is 4.42 Å². The molecular formula is C20H28N4O2. The van der Waals surface area contributed by atoms with E-state index >= 15 is 0 Å². The first kappa shape index (κ1) is 18.6. The van der Waals surface area contributed by atoms with Crippen LogP contribution in [0.2, 0.25) is 0 Å². The molecule has 1 fully saturated rings. The first-order chi connectivity index (χ1) is 12.7. The highest BCUT2D eigenvalue weighted by atomic mass is 16.4. The third-order valence-electron chi connectivity index (χ3n) is 4.64. The van der Waals surface area contributed by atoms with E-state index in [1.807, 2.05) is 24.3 Å². The smallest absolute Gasteiger partial charge is 0.220 e. The predicted molar refractivity (Wildman–Crippen MR) is 102 cm³/mol. The Morgan fingerprint density at radius 2 is 2.04 bits per heavy atom. The second kappa shape index (κ2) is 9.50. The number of aromatic nitrogens is 1. The van der Waals surface area contributed by atoms with Gasteiger partial charge in [0.25, 0.3) is 0 Å². The molecular weight excluding hydrogens is 328 g/mol. The van der Waals surface area contributed by atoms with E-state index in [0.29, 0.717) is 18.7 Å². The number of benzene rings is 1. The molecule has 3 rings (SSSR count). The molecule has 140 valence electrons. The van der Waals surface area contributed by atoms with Crippen LogP contribution in [0.3, 0.4) is 0 Å². The summed E-state index contributed by atoms with van der Waals surface area (Å²) in [6.45, 7) is 8.14. The summed E-state index contributed by atoms with van der Waals surface area (Å²) in [5.41, 5.74) is 2.22. The Balaban J connectivity index is 1.34. The van der Waals surface area contributed by atoms with Crippen molar-refractivity contribution in [3.05, 3.63) is 41.9 Å². The summed E-state index contributed by atoms with van der Waals surface area (Å²) in [6, 6.07) is 8.13. The predicted octanol–water partition coefficient (Wildman–Crippen LogP) is 1.99. The lowest BCUT2D eigenvalue weighted by Crippen LogP contribution is -2.44. The second-order valence-electron chi connectivity index (χ2n) is 6.78. The van der Waals surface area contributed by atoms with E-state index < -0.39 is 0 Å². The average Bonchev–Trinajstić information content (AvgIpc) is 3.14. The number of hydrogen-bond acceptors (Lipinski definition) is 5. The van der Waals surface area contributed by atoms with Crippen LogP contribution in [-0.2, 0) is 11.2 Å². The summed E-state index contributed by atoms with van der Waals surface area (Å²) in [6.07, 6.45) is 3.64. The minimum Gasteiger partial charge on any atom is -0.441 e. The molecule has 0 aliphatic carbocycles. The van der Waals surface area contributed by atoms with Crippen molar-refractivity contribution in [3.63, 3.8) is 0 Å². The van der Waals surface area contributed by atoms with Gasteiger partial charge in [0.2, 0.25) is 5.91 Å². The lowest BCUT2D eigenvalue weighted by atomic mass is 10.1. The fourth-order valence-corrected chi connectivity index (χ4v) is 3.05. The molecule has 1 aliphatic rings. The Labute approximate surface area is 155 Å². The molecule has 0 radical (unpaired) electrons. The highest BCUT2D eigenvalue weighted by Crippen LogP contribution is 2.21. The molecule has 26 heavy (non-hydrogen) atoms. The van der Waals surface area contributed by atoms with Gasteiger partial charge in [-0.15, -0.1) is 0 Å². The van der Waals surface area contributed by atoms with Gasteiger partial charge in [-0.2, -0.15) is 0 Å². The number of amides is 1. The molecule has 2 aromatic rings. The molecule has 0 bridgehead atoms. The van der Waals surface area contributed by atoms with E-state index in [0.717, 1.165) is 57.0 Å². The molecule has 0 unspecified atom stereocenters. The number of carbonyl (C=O) groups excluding carboxylic acids is 1. The van der Waals surface area contributed by atoms with Gasteiger partial charge in [0.15, 0.2) is 11.7 Å². The Hall–Kier alpha value is -2.18. The zero-order valence-corrected chi connectivity index (χ0v) is 15.5. The van der Waals surface area contributed by atoms with E-state index in [1.54, 1.807) is 6.20 Å². The number of aryl methyl sites for hydroxylation is 2. The van der Waals surface area contributed by atoms with Crippen LogP contribution in [0.5, 0.6) is 0 Å². The number of nitrogens with one attached hydrogen (secondary N) is 2. The fraction of sp³-hybridized carbons (Fsp3) is 0.500. The van der Waals surface area contributed by atoms with Crippen LogP contribution in [0.1, 0.15) is 24.3 Å². The summed E-state index contributed by atoms with van der Waals surface area (Å²) < 4.78 is 5.76. The Bertz CT molecular complexity index is 690. The van der Waals surface area contributed by atoms with E-state index in [1.165, 1.54) is 5.56 Å². The monoisotopic (exact) mass is 356 g/mol. The number of rotatable bonds is 8. The molecule has 1 aromatic carbocycles. The molecule has 1 aromatic heterocycles. The first-order valence-electron chi connectivity index (χ1n) is 9.42. The van der Waals surface area contributed by atoms with Gasteiger partial charge in [0.05, 0.1) is 6.20 Å². The summed E-state index contributed by atoms with van der Waals surface area (Å²) in [7, 11) is 0. The Morgan fingerprint density at radius 3 is 2.81 bits per heavy atom. The first-order valence-corrected chi connectivity index (χ1v) is 9.42. The molecule has 1 saturated heterocycles. The maximum absolute atomic E-state index is 12.0. The van der Waals surface area contributed by atoms with Crippen molar-refractivity contribution < 1.29 is 9.21 Å². The molecule has 6 heteroatoms. The molecule has 2 N–H and O–H groups in total. The largest absolute Gasteiger partial charge is 0.441 e. The average molecular weight is 356 g/mol. The van der Waals surface area contributed by atoms with Gasteiger partial charge in [-0.05, 0) is 19.9 Å². The SMILES string of the molecule is Cc1ccc(-c2cnc(CCC(=O)NCCCN3CCNCC3)o2)cc1. The summed E-state index contributed by atoms with van der Waals surface area (Å²) in [5.74, 6) is 1.41. The van der Waals surface area contributed by atoms with Crippen molar-refractivity contribution >= 4 is 5.91 Å². The van der Waals surface area contributed by atoms with Crippen molar-refractivity contribution in [2.75, 3.05) is 39.3 Å². The van der Waals surface area contributed by atoms with Crippen LogP contribution in [0, 0.1) is 6.92 Å². The van der Waals surface area contributed by atoms with Crippen molar-refractivity contribution in [2.24, 2.45) is 0 Å².